The van der Waals surface area contributed by atoms with E-state index >= 15 is 0 Å². The minimum Gasteiger partial charge on any atom is -0.508 e. The van der Waals surface area contributed by atoms with Crippen LogP contribution in [-0.2, 0) is 4.74 Å². The van der Waals surface area contributed by atoms with Crippen LogP contribution >= 0.6 is 11.6 Å². The first kappa shape index (κ1) is 18.5. The van der Waals surface area contributed by atoms with Crippen molar-refractivity contribution in [2.45, 2.75) is 18.9 Å². The summed E-state index contributed by atoms with van der Waals surface area (Å²) in [5.41, 5.74) is 1.26. The zero-order valence-electron chi connectivity index (χ0n) is 14.3. The second-order valence-electron chi connectivity index (χ2n) is 6.39. The van der Waals surface area contributed by atoms with Crippen LogP contribution in [0.4, 0.5) is 14.9 Å². The van der Waals surface area contributed by atoms with E-state index in [9.17, 15) is 14.3 Å². The Bertz CT molecular complexity index is 795. The highest BCUT2D eigenvalue weighted by Gasteiger charge is 2.22. The highest BCUT2D eigenvalue weighted by atomic mass is 35.5. The lowest BCUT2D eigenvalue weighted by atomic mass is 10.0. The summed E-state index contributed by atoms with van der Waals surface area (Å²) in [4.78, 5) is 14.3. The molecule has 1 aliphatic heterocycles. The van der Waals surface area contributed by atoms with Crippen molar-refractivity contribution in [2.24, 2.45) is 0 Å². The van der Waals surface area contributed by atoms with Crippen molar-refractivity contribution in [2.75, 3.05) is 25.5 Å². The molecule has 3 rings (SSSR count). The zero-order chi connectivity index (χ0) is 18.7. The third-order valence-electron chi connectivity index (χ3n) is 4.49. The molecule has 26 heavy (non-hydrogen) atoms. The molecule has 0 aromatic heterocycles. The van der Waals surface area contributed by atoms with Gasteiger partial charge >= 0.3 is 6.09 Å². The average Bonchev–Trinajstić information content (AvgIpc) is 2.99. The van der Waals surface area contributed by atoms with Crippen molar-refractivity contribution in [1.82, 2.24) is 4.90 Å². The van der Waals surface area contributed by atoms with Gasteiger partial charge in [-0.3, -0.25) is 5.32 Å². The number of benzene rings is 2. The number of anilines is 1. The monoisotopic (exact) mass is 378 g/mol. The highest BCUT2D eigenvalue weighted by Crippen LogP contribution is 2.33. The molecule has 2 aromatic rings. The Morgan fingerprint density at radius 2 is 2.19 bits per heavy atom. The number of carbonyl (C=O) groups excluding carboxylic acids is 1. The first-order valence-corrected chi connectivity index (χ1v) is 8.73. The van der Waals surface area contributed by atoms with Gasteiger partial charge in [0, 0.05) is 16.6 Å². The number of rotatable bonds is 4. The molecule has 0 spiro atoms. The molecule has 1 fully saturated rings. The van der Waals surface area contributed by atoms with Gasteiger partial charge in [0.05, 0.1) is 5.69 Å². The molecule has 138 valence electrons. The van der Waals surface area contributed by atoms with Crippen molar-refractivity contribution in [3.05, 3.63) is 47.2 Å². The number of amides is 1. The topological polar surface area (TPSA) is 61.8 Å². The smallest absolute Gasteiger partial charge is 0.411 e. The van der Waals surface area contributed by atoms with Crippen LogP contribution in [0.1, 0.15) is 12.8 Å². The molecule has 2 N–H and O–H groups in total. The van der Waals surface area contributed by atoms with E-state index in [1.807, 2.05) is 7.05 Å². The Hall–Kier alpha value is -2.31. The molecule has 0 aliphatic carbocycles. The first-order chi connectivity index (χ1) is 12.4. The molecule has 1 amide bonds. The molecule has 7 heteroatoms. The van der Waals surface area contributed by atoms with E-state index in [0.29, 0.717) is 28.4 Å². The fourth-order valence-electron chi connectivity index (χ4n) is 3.10. The van der Waals surface area contributed by atoms with E-state index in [0.717, 1.165) is 19.4 Å². The van der Waals surface area contributed by atoms with Gasteiger partial charge in [0.25, 0.3) is 0 Å². The maximum absolute atomic E-state index is 13.7. The number of likely N-dealkylation sites (tertiary alicyclic amines) is 1. The van der Waals surface area contributed by atoms with E-state index in [2.05, 4.69) is 10.2 Å². The molecular weight excluding hydrogens is 359 g/mol. The minimum atomic E-state index is -0.607. The molecule has 0 saturated carbocycles. The van der Waals surface area contributed by atoms with Gasteiger partial charge in [-0.2, -0.15) is 0 Å². The zero-order valence-corrected chi connectivity index (χ0v) is 15.1. The fraction of sp³-hybridized carbons (Fsp3) is 0.316. The number of carbonyl (C=O) groups is 1. The lowest BCUT2D eigenvalue weighted by molar-refractivity contribution is 0.127. The summed E-state index contributed by atoms with van der Waals surface area (Å²) in [6.45, 7) is 1.30. The SMILES string of the molecule is CN1CCC[C@H]1COC(=O)Nc1ccc(F)cc1-c1cc(O)cc(Cl)c1. The maximum atomic E-state index is 13.7. The number of aromatic hydroxyl groups is 1. The van der Waals surface area contributed by atoms with Crippen LogP contribution in [0.5, 0.6) is 5.75 Å². The van der Waals surface area contributed by atoms with Crippen LogP contribution < -0.4 is 5.32 Å². The second-order valence-corrected chi connectivity index (χ2v) is 6.82. The summed E-state index contributed by atoms with van der Waals surface area (Å²) < 4.78 is 19.0. The summed E-state index contributed by atoms with van der Waals surface area (Å²) >= 11 is 5.96. The van der Waals surface area contributed by atoms with Gasteiger partial charge in [0.2, 0.25) is 0 Å². The van der Waals surface area contributed by atoms with Crippen molar-refractivity contribution >= 4 is 23.4 Å². The molecule has 2 aromatic carbocycles. The number of ether oxygens (including phenoxy) is 1. The maximum Gasteiger partial charge on any atom is 0.411 e. The van der Waals surface area contributed by atoms with Gasteiger partial charge in [-0.1, -0.05) is 11.6 Å². The van der Waals surface area contributed by atoms with Crippen LogP contribution in [0.2, 0.25) is 5.02 Å². The number of halogens is 2. The van der Waals surface area contributed by atoms with Crippen molar-refractivity contribution < 1.29 is 19.0 Å². The molecule has 1 atom stereocenters. The molecule has 1 aliphatic rings. The predicted octanol–water partition coefficient (Wildman–Crippen LogP) is 4.49. The number of nitrogens with zero attached hydrogens (tertiary/aromatic N) is 1. The van der Waals surface area contributed by atoms with Crippen LogP contribution in [0.25, 0.3) is 11.1 Å². The highest BCUT2D eigenvalue weighted by molar-refractivity contribution is 6.31. The standard InChI is InChI=1S/C19H20ClFN2O3/c1-23-6-2-3-15(23)11-26-19(25)22-18-5-4-14(21)10-17(18)12-7-13(20)9-16(24)8-12/h4-5,7-10,15,24H,2-3,6,11H2,1H3,(H,22,25)/t15-/m0/s1. The Labute approximate surface area is 156 Å². The number of hydrogen-bond acceptors (Lipinski definition) is 4. The Morgan fingerprint density at radius 3 is 2.88 bits per heavy atom. The lowest BCUT2D eigenvalue weighted by Crippen LogP contribution is -2.31. The van der Waals surface area contributed by atoms with Crippen molar-refractivity contribution in [3.63, 3.8) is 0 Å². The molecule has 0 bridgehead atoms. The van der Waals surface area contributed by atoms with E-state index in [1.165, 1.54) is 30.3 Å². The van der Waals surface area contributed by atoms with Crippen LogP contribution in [0.15, 0.2) is 36.4 Å². The summed E-state index contributed by atoms with van der Waals surface area (Å²) in [6, 6.07) is 8.60. The van der Waals surface area contributed by atoms with E-state index < -0.39 is 11.9 Å². The predicted molar refractivity (Wildman–Crippen MR) is 99.1 cm³/mol. The quantitative estimate of drug-likeness (QED) is 0.822. The summed E-state index contributed by atoms with van der Waals surface area (Å²) in [5, 5.41) is 12.7. The first-order valence-electron chi connectivity index (χ1n) is 8.36. The number of nitrogens with one attached hydrogen (secondary N) is 1. The van der Waals surface area contributed by atoms with E-state index in [-0.39, 0.29) is 11.8 Å². The second kappa shape index (κ2) is 7.93. The van der Waals surface area contributed by atoms with Gasteiger partial charge in [-0.05, 0) is 68.4 Å². The molecular formula is C19H20ClFN2O3. The molecule has 0 radical (unpaired) electrons. The normalized spacial score (nSPS) is 17.3. The van der Waals surface area contributed by atoms with Crippen molar-refractivity contribution in [3.8, 4) is 16.9 Å². The molecule has 0 unspecified atom stereocenters. The van der Waals surface area contributed by atoms with Gasteiger partial charge in [-0.15, -0.1) is 0 Å². The van der Waals surface area contributed by atoms with Crippen LogP contribution in [0, 0.1) is 5.82 Å². The van der Waals surface area contributed by atoms with E-state index in [4.69, 9.17) is 16.3 Å². The van der Waals surface area contributed by atoms with Gasteiger partial charge in [0.15, 0.2) is 0 Å². The minimum absolute atomic E-state index is 0.0467. The van der Waals surface area contributed by atoms with Gasteiger partial charge in [-0.25, -0.2) is 9.18 Å². The Balaban J connectivity index is 1.76. The number of likely N-dealkylation sites (N-methyl/N-ethyl adjacent to an activating group) is 1. The lowest BCUT2D eigenvalue weighted by Gasteiger charge is -2.19. The molecule has 5 nitrogen and oxygen atoms in total. The van der Waals surface area contributed by atoms with Crippen LogP contribution in [-0.4, -0.2) is 42.3 Å². The average molecular weight is 379 g/mol. The third kappa shape index (κ3) is 4.45. The number of phenolic OH excluding ortho intramolecular Hbond substituents is 1. The molecule has 1 saturated heterocycles. The number of phenols is 1. The molecule has 1 heterocycles. The Kier molecular flexibility index (Phi) is 5.64. The van der Waals surface area contributed by atoms with Crippen molar-refractivity contribution in [1.29, 1.82) is 0 Å². The largest absolute Gasteiger partial charge is 0.508 e. The fourth-order valence-corrected chi connectivity index (χ4v) is 3.33. The van der Waals surface area contributed by atoms with Crippen LogP contribution in [0.3, 0.4) is 0 Å². The number of hydrogen-bond donors (Lipinski definition) is 2. The van der Waals surface area contributed by atoms with E-state index in [1.54, 1.807) is 6.07 Å². The summed E-state index contributed by atoms with van der Waals surface area (Å²) in [5.74, 6) is -0.513. The summed E-state index contributed by atoms with van der Waals surface area (Å²) in [6.07, 6.45) is 1.48. The van der Waals surface area contributed by atoms with Gasteiger partial charge < -0.3 is 14.7 Å². The Morgan fingerprint density at radius 1 is 1.38 bits per heavy atom. The summed E-state index contributed by atoms with van der Waals surface area (Å²) in [7, 11) is 2.00. The van der Waals surface area contributed by atoms with Gasteiger partial charge in [0.1, 0.15) is 18.2 Å². The third-order valence-corrected chi connectivity index (χ3v) is 4.71.